The molecule has 0 fully saturated rings. The van der Waals surface area contributed by atoms with E-state index in [1.807, 2.05) is 37.9 Å². The first-order valence-corrected chi connectivity index (χ1v) is 6.60. The molecule has 1 aromatic carbocycles. The number of benzene rings is 1. The molecule has 0 atom stereocenters. The van der Waals surface area contributed by atoms with Crippen molar-refractivity contribution in [3.8, 4) is 0 Å². The minimum Gasteiger partial charge on any atom is -0.464 e. The lowest BCUT2D eigenvalue weighted by atomic mass is 10.1. The van der Waals surface area contributed by atoms with Crippen molar-refractivity contribution >= 4 is 23.2 Å². The first-order valence-electron chi connectivity index (χ1n) is 6.60. The molecule has 0 bridgehead atoms. The van der Waals surface area contributed by atoms with Gasteiger partial charge in [0.2, 0.25) is 0 Å². The van der Waals surface area contributed by atoms with Crippen molar-refractivity contribution in [2.75, 3.05) is 24.8 Å². The van der Waals surface area contributed by atoms with Gasteiger partial charge in [0.15, 0.2) is 11.5 Å². The van der Waals surface area contributed by atoms with Crippen molar-refractivity contribution in [2.45, 2.75) is 13.8 Å². The number of pyridine rings is 1. The van der Waals surface area contributed by atoms with Gasteiger partial charge < -0.3 is 15.4 Å². The summed E-state index contributed by atoms with van der Waals surface area (Å²) < 4.78 is 4.70. The SMILES string of the molecule is COC(=O)c1ccc(N)c(N(C)c2ccc(C)cc2C)n1. The maximum Gasteiger partial charge on any atom is 0.356 e. The van der Waals surface area contributed by atoms with E-state index in [2.05, 4.69) is 11.1 Å². The van der Waals surface area contributed by atoms with Crippen LogP contribution < -0.4 is 10.6 Å². The normalized spacial score (nSPS) is 10.3. The number of nitrogens with two attached hydrogens (primary N) is 1. The standard InChI is InChI=1S/C16H19N3O2/c1-10-5-8-14(11(2)9-10)19(3)15-12(17)6-7-13(18-15)16(20)21-4/h5-9H,17H2,1-4H3. The van der Waals surface area contributed by atoms with Crippen LogP contribution in [0.1, 0.15) is 21.6 Å². The van der Waals surface area contributed by atoms with Crippen LogP contribution in [-0.4, -0.2) is 25.1 Å². The zero-order chi connectivity index (χ0) is 15.6. The Balaban J connectivity index is 2.47. The molecule has 0 radical (unpaired) electrons. The minimum absolute atomic E-state index is 0.235. The maximum atomic E-state index is 11.6. The number of anilines is 3. The van der Waals surface area contributed by atoms with E-state index >= 15 is 0 Å². The molecule has 0 saturated carbocycles. The highest BCUT2D eigenvalue weighted by Gasteiger charge is 2.15. The number of nitrogens with zero attached hydrogens (tertiary/aromatic N) is 2. The summed E-state index contributed by atoms with van der Waals surface area (Å²) in [6.45, 7) is 4.07. The number of rotatable bonds is 3. The van der Waals surface area contributed by atoms with Gasteiger partial charge in [0.25, 0.3) is 0 Å². The Bertz CT molecular complexity index is 683. The lowest BCUT2D eigenvalue weighted by Crippen LogP contribution is -2.17. The topological polar surface area (TPSA) is 68.5 Å². The van der Waals surface area contributed by atoms with Crippen molar-refractivity contribution < 1.29 is 9.53 Å². The zero-order valence-electron chi connectivity index (χ0n) is 12.7. The van der Waals surface area contributed by atoms with Crippen LogP contribution in [0.4, 0.5) is 17.2 Å². The number of aromatic nitrogens is 1. The van der Waals surface area contributed by atoms with Gasteiger partial charge in [0.1, 0.15) is 0 Å². The number of ether oxygens (including phenoxy) is 1. The lowest BCUT2D eigenvalue weighted by molar-refractivity contribution is 0.0594. The number of esters is 1. The number of nitrogen functional groups attached to an aromatic ring is 1. The van der Waals surface area contributed by atoms with Crippen LogP contribution in [0.25, 0.3) is 0 Å². The van der Waals surface area contributed by atoms with Gasteiger partial charge in [0.05, 0.1) is 12.8 Å². The summed E-state index contributed by atoms with van der Waals surface area (Å²) in [6.07, 6.45) is 0. The van der Waals surface area contributed by atoms with Gasteiger partial charge in [0, 0.05) is 12.7 Å². The fourth-order valence-electron chi connectivity index (χ4n) is 2.24. The Morgan fingerprint density at radius 1 is 1.24 bits per heavy atom. The third-order valence-electron chi connectivity index (χ3n) is 3.33. The molecule has 0 unspecified atom stereocenters. The van der Waals surface area contributed by atoms with E-state index in [0.717, 1.165) is 11.3 Å². The molecule has 0 saturated heterocycles. The first-order chi connectivity index (χ1) is 9.93. The lowest BCUT2D eigenvalue weighted by Gasteiger charge is -2.22. The molecular formula is C16H19N3O2. The summed E-state index contributed by atoms with van der Waals surface area (Å²) in [5.41, 5.74) is 10.0. The van der Waals surface area contributed by atoms with Crippen molar-refractivity contribution in [3.63, 3.8) is 0 Å². The Morgan fingerprint density at radius 2 is 1.95 bits per heavy atom. The Morgan fingerprint density at radius 3 is 2.57 bits per heavy atom. The smallest absolute Gasteiger partial charge is 0.356 e. The maximum absolute atomic E-state index is 11.6. The number of carbonyl (C=O) groups is 1. The second-order valence-corrected chi connectivity index (χ2v) is 4.95. The summed E-state index contributed by atoms with van der Waals surface area (Å²) in [6, 6.07) is 9.34. The summed E-state index contributed by atoms with van der Waals surface area (Å²) in [4.78, 5) is 17.8. The third kappa shape index (κ3) is 2.97. The van der Waals surface area contributed by atoms with Crippen LogP contribution in [0, 0.1) is 13.8 Å². The van der Waals surface area contributed by atoms with Gasteiger partial charge in [-0.15, -0.1) is 0 Å². The average molecular weight is 285 g/mol. The van der Waals surface area contributed by atoms with Crippen LogP contribution in [0.3, 0.4) is 0 Å². The van der Waals surface area contributed by atoms with Crippen LogP contribution in [-0.2, 0) is 4.74 Å². The van der Waals surface area contributed by atoms with E-state index in [0.29, 0.717) is 11.5 Å². The van der Waals surface area contributed by atoms with Gasteiger partial charge in [-0.1, -0.05) is 17.7 Å². The monoisotopic (exact) mass is 285 g/mol. The van der Waals surface area contributed by atoms with Crippen molar-refractivity contribution in [1.29, 1.82) is 0 Å². The van der Waals surface area contributed by atoms with Gasteiger partial charge >= 0.3 is 5.97 Å². The summed E-state index contributed by atoms with van der Waals surface area (Å²) in [7, 11) is 3.20. The molecule has 0 aliphatic rings. The highest BCUT2D eigenvalue weighted by Crippen LogP contribution is 2.30. The molecule has 5 nitrogen and oxygen atoms in total. The van der Waals surface area contributed by atoms with E-state index in [4.69, 9.17) is 10.5 Å². The molecule has 0 aliphatic heterocycles. The Hall–Kier alpha value is -2.56. The van der Waals surface area contributed by atoms with Crippen LogP contribution in [0.5, 0.6) is 0 Å². The summed E-state index contributed by atoms with van der Waals surface area (Å²) in [5.74, 6) is 0.0510. The van der Waals surface area contributed by atoms with Gasteiger partial charge in [-0.3, -0.25) is 0 Å². The van der Waals surface area contributed by atoms with Crippen molar-refractivity contribution in [3.05, 3.63) is 47.2 Å². The quantitative estimate of drug-likeness (QED) is 0.878. The second-order valence-electron chi connectivity index (χ2n) is 4.95. The van der Waals surface area contributed by atoms with Crippen LogP contribution in [0.15, 0.2) is 30.3 Å². The fourth-order valence-corrected chi connectivity index (χ4v) is 2.24. The summed E-state index contributed by atoms with van der Waals surface area (Å²) >= 11 is 0. The van der Waals surface area contributed by atoms with Crippen molar-refractivity contribution in [2.24, 2.45) is 0 Å². The molecule has 110 valence electrons. The zero-order valence-corrected chi connectivity index (χ0v) is 12.7. The van der Waals surface area contributed by atoms with Gasteiger partial charge in [-0.2, -0.15) is 0 Å². The second kappa shape index (κ2) is 5.83. The van der Waals surface area contributed by atoms with Crippen molar-refractivity contribution in [1.82, 2.24) is 4.98 Å². The van der Waals surface area contributed by atoms with E-state index in [-0.39, 0.29) is 5.69 Å². The minimum atomic E-state index is -0.481. The molecule has 2 aromatic rings. The molecule has 1 heterocycles. The number of aryl methyl sites for hydroxylation is 2. The largest absolute Gasteiger partial charge is 0.464 e. The van der Waals surface area contributed by atoms with E-state index in [1.54, 1.807) is 12.1 Å². The molecule has 21 heavy (non-hydrogen) atoms. The number of hydrogen-bond acceptors (Lipinski definition) is 5. The number of methoxy groups -OCH3 is 1. The molecule has 1 aromatic heterocycles. The van der Waals surface area contributed by atoms with Crippen LogP contribution >= 0.6 is 0 Å². The Labute approximate surface area is 124 Å². The fraction of sp³-hybridized carbons (Fsp3) is 0.250. The molecule has 0 spiro atoms. The van der Waals surface area contributed by atoms with Gasteiger partial charge in [-0.05, 0) is 37.6 Å². The third-order valence-corrected chi connectivity index (χ3v) is 3.33. The molecule has 5 heteroatoms. The molecule has 2 N–H and O–H groups in total. The first kappa shape index (κ1) is 14.8. The highest BCUT2D eigenvalue weighted by molar-refractivity contribution is 5.89. The van der Waals surface area contributed by atoms with E-state index in [1.165, 1.54) is 12.7 Å². The molecule has 0 aliphatic carbocycles. The van der Waals surface area contributed by atoms with Crippen LogP contribution in [0.2, 0.25) is 0 Å². The molecule has 2 rings (SSSR count). The summed E-state index contributed by atoms with van der Waals surface area (Å²) in [5, 5.41) is 0. The average Bonchev–Trinajstić information content (AvgIpc) is 2.46. The number of carbonyl (C=O) groups excluding carboxylic acids is 1. The highest BCUT2D eigenvalue weighted by atomic mass is 16.5. The van der Waals surface area contributed by atoms with E-state index in [9.17, 15) is 4.79 Å². The predicted octanol–water partition coefficient (Wildman–Crippen LogP) is 2.84. The predicted molar refractivity (Wildman–Crippen MR) is 84.0 cm³/mol. The van der Waals surface area contributed by atoms with Gasteiger partial charge in [-0.25, -0.2) is 9.78 Å². The van der Waals surface area contributed by atoms with E-state index < -0.39 is 5.97 Å². The Kier molecular flexibility index (Phi) is 4.12. The molecular weight excluding hydrogens is 266 g/mol. The molecule has 0 amide bonds. The number of hydrogen-bond donors (Lipinski definition) is 1.